The van der Waals surface area contributed by atoms with Crippen molar-refractivity contribution in [1.82, 2.24) is 0 Å². The molecule has 0 aromatic rings. The van der Waals surface area contributed by atoms with Crippen molar-refractivity contribution in [3.05, 3.63) is 34.9 Å². The second-order valence-corrected chi connectivity index (χ2v) is 13.2. The first-order chi connectivity index (χ1) is 14.9. The Hall–Kier alpha value is -0.860. The van der Waals surface area contributed by atoms with E-state index in [9.17, 15) is 10.2 Å². The van der Waals surface area contributed by atoms with Crippen LogP contribution in [0.5, 0.6) is 0 Å². The molecule has 4 aliphatic carbocycles. The summed E-state index contributed by atoms with van der Waals surface area (Å²) in [7, 11) is 0. The molecule has 0 aromatic carbocycles. The third-order valence-electron chi connectivity index (χ3n) is 11.3. The Morgan fingerprint density at radius 2 is 1.81 bits per heavy atom. The van der Waals surface area contributed by atoms with Gasteiger partial charge in [-0.05, 0) is 109 Å². The maximum Gasteiger partial charge on any atom is 0.0639 e. The predicted octanol–water partition coefficient (Wildman–Crippen LogP) is 7.23. The Morgan fingerprint density at radius 1 is 1.09 bits per heavy atom. The molecule has 4 rings (SSSR count). The minimum Gasteiger partial charge on any atom is -0.393 e. The van der Waals surface area contributed by atoms with Crippen molar-refractivity contribution in [3.8, 4) is 0 Å². The average Bonchev–Trinajstić information content (AvgIpc) is 3.02. The number of hydrogen-bond donors (Lipinski definition) is 2. The highest BCUT2D eigenvalue weighted by Crippen LogP contribution is 2.71. The molecule has 32 heavy (non-hydrogen) atoms. The summed E-state index contributed by atoms with van der Waals surface area (Å²) in [5, 5.41) is 20.1. The molecule has 0 aromatic heterocycles. The number of rotatable bonds is 5. The topological polar surface area (TPSA) is 40.5 Å². The van der Waals surface area contributed by atoms with Crippen molar-refractivity contribution >= 4 is 0 Å². The molecule has 0 amide bonds. The number of fused-ring (bicyclic) bond motifs is 5. The molecule has 2 heteroatoms. The van der Waals surface area contributed by atoms with E-state index < -0.39 is 0 Å². The molecular formula is C30H48O2. The van der Waals surface area contributed by atoms with Crippen molar-refractivity contribution in [1.29, 1.82) is 0 Å². The summed E-state index contributed by atoms with van der Waals surface area (Å²) in [6.45, 7) is 17.0. The van der Waals surface area contributed by atoms with Crippen molar-refractivity contribution in [2.24, 2.45) is 39.4 Å². The van der Waals surface area contributed by atoms with Gasteiger partial charge < -0.3 is 10.2 Å². The van der Waals surface area contributed by atoms with Gasteiger partial charge >= 0.3 is 0 Å². The molecule has 0 radical (unpaired) electrons. The van der Waals surface area contributed by atoms with Crippen LogP contribution < -0.4 is 0 Å². The first kappa shape index (κ1) is 24.3. The number of allylic oxidation sites excluding steroid dienone is 5. The lowest BCUT2D eigenvalue weighted by molar-refractivity contribution is -0.0851. The van der Waals surface area contributed by atoms with E-state index in [4.69, 9.17) is 0 Å². The standard InChI is InChI=1S/C30H48O2/c1-20(19-31)9-8-10-21(2)22-13-17-30(7)24-11-12-25-27(3,4)26(32)15-16-28(25,5)23(24)14-18-29(22,30)6/h9,11,14,21-22,25-26,31-32H,8,10,12-13,15-19H2,1-7H3/b20-9+/t21?,22-,25+,26?,28-,29-,30+/m1/s1. The average molecular weight is 441 g/mol. The van der Waals surface area contributed by atoms with Gasteiger partial charge in [-0.2, -0.15) is 0 Å². The molecule has 0 bridgehead atoms. The molecule has 0 saturated heterocycles. The summed E-state index contributed by atoms with van der Waals surface area (Å²) >= 11 is 0. The van der Waals surface area contributed by atoms with Crippen LogP contribution in [-0.4, -0.2) is 22.9 Å². The molecule has 180 valence electrons. The monoisotopic (exact) mass is 440 g/mol. The van der Waals surface area contributed by atoms with Crippen LogP contribution in [0.2, 0.25) is 0 Å². The van der Waals surface area contributed by atoms with Gasteiger partial charge in [0, 0.05) is 0 Å². The van der Waals surface area contributed by atoms with E-state index in [1.807, 2.05) is 6.92 Å². The van der Waals surface area contributed by atoms with E-state index in [0.29, 0.717) is 17.3 Å². The molecule has 0 spiro atoms. The van der Waals surface area contributed by atoms with Gasteiger partial charge in [0.1, 0.15) is 0 Å². The molecule has 2 fully saturated rings. The Labute approximate surface area is 197 Å². The predicted molar refractivity (Wildman–Crippen MR) is 134 cm³/mol. The summed E-state index contributed by atoms with van der Waals surface area (Å²) in [6, 6.07) is 0. The molecule has 2 nitrogen and oxygen atoms in total. The largest absolute Gasteiger partial charge is 0.393 e. The van der Waals surface area contributed by atoms with E-state index in [2.05, 4.69) is 59.8 Å². The van der Waals surface area contributed by atoms with Gasteiger partial charge in [0.25, 0.3) is 0 Å². The first-order valence-electron chi connectivity index (χ1n) is 13.3. The van der Waals surface area contributed by atoms with Crippen molar-refractivity contribution in [2.45, 2.75) is 106 Å². The van der Waals surface area contributed by atoms with Crippen molar-refractivity contribution in [2.75, 3.05) is 6.61 Å². The third kappa shape index (κ3) is 3.34. The Balaban J connectivity index is 1.63. The smallest absolute Gasteiger partial charge is 0.0639 e. The van der Waals surface area contributed by atoms with E-state index in [0.717, 1.165) is 37.2 Å². The summed E-state index contributed by atoms with van der Waals surface area (Å²) in [4.78, 5) is 0. The fourth-order valence-electron chi connectivity index (χ4n) is 8.80. The van der Waals surface area contributed by atoms with Gasteiger partial charge in [-0.15, -0.1) is 0 Å². The van der Waals surface area contributed by atoms with E-state index >= 15 is 0 Å². The SMILES string of the molecule is C/C(=C\CCC(C)[C@H]1CC[C@@]2(C)C3=CC[C@H]4C(C)(C)C(O)CC[C@]4(C)C3=CC[C@]12C)CO. The first-order valence-corrected chi connectivity index (χ1v) is 13.3. The highest BCUT2D eigenvalue weighted by atomic mass is 16.3. The fraction of sp³-hybridized carbons (Fsp3) is 0.800. The van der Waals surface area contributed by atoms with Crippen LogP contribution in [0.3, 0.4) is 0 Å². The number of aliphatic hydroxyl groups excluding tert-OH is 2. The van der Waals surface area contributed by atoms with Gasteiger partial charge in [0.2, 0.25) is 0 Å². The fourth-order valence-corrected chi connectivity index (χ4v) is 8.80. The Kier molecular flexibility index (Phi) is 6.16. The summed E-state index contributed by atoms with van der Waals surface area (Å²) in [5.41, 5.74) is 5.18. The van der Waals surface area contributed by atoms with E-state index in [1.165, 1.54) is 25.7 Å². The van der Waals surface area contributed by atoms with Crippen LogP contribution in [0.4, 0.5) is 0 Å². The lowest BCUT2D eigenvalue weighted by Gasteiger charge is -2.61. The van der Waals surface area contributed by atoms with Crippen LogP contribution >= 0.6 is 0 Å². The van der Waals surface area contributed by atoms with Crippen LogP contribution in [0, 0.1) is 39.4 Å². The molecule has 2 N–H and O–H groups in total. The van der Waals surface area contributed by atoms with Gasteiger partial charge in [-0.1, -0.05) is 65.3 Å². The maximum atomic E-state index is 10.8. The van der Waals surface area contributed by atoms with E-state index in [-0.39, 0.29) is 29.0 Å². The molecule has 7 atom stereocenters. The third-order valence-corrected chi connectivity index (χ3v) is 11.3. The Morgan fingerprint density at radius 3 is 2.50 bits per heavy atom. The zero-order chi connectivity index (χ0) is 23.5. The zero-order valence-electron chi connectivity index (χ0n) is 21.8. The molecular weight excluding hydrogens is 392 g/mol. The summed E-state index contributed by atoms with van der Waals surface area (Å²) in [6.07, 6.45) is 16.6. The van der Waals surface area contributed by atoms with Crippen LogP contribution in [0.25, 0.3) is 0 Å². The molecule has 2 saturated carbocycles. The number of aliphatic hydroxyl groups is 2. The maximum absolute atomic E-state index is 10.8. The van der Waals surface area contributed by atoms with Gasteiger partial charge in [0.05, 0.1) is 12.7 Å². The zero-order valence-corrected chi connectivity index (χ0v) is 21.8. The second-order valence-electron chi connectivity index (χ2n) is 13.2. The summed E-state index contributed by atoms with van der Waals surface area (Å²) in [5.74, 6) is 1.99. The normalized spacial score (nSPS) is 44.2. The van der Waals surface area contributed by atoms with Crippen molar-refractivity contribution < 1.29 is 10.2 Å². The molecule has 0 aliphatic heterocycles. The lowest BCUT2D eigenvalue weighted by atomic mass is 9.44. The quantitative estimate of drug-likeness (QED) is 0.443. The molecule has 4 aliphatic rings. The highest BCUT2D eigenvalue weighted by Gasteiger charge is 2.62. The van der Waals surface area contributed by atoms with E-state index in [1.54, 1.807) is 11.1 Å². The lowest BCUT2D eigenvalue weighted by Crippen LogP contribution is -2.54. The van der Waals surface area contributed by atoms with Gasteiger partial charge in [-0.3, -0.25) is 0 Å². The van der Waals surface area contributed by atoms with Crippen LogP contribution in [-0.2, 0) is 0 Å². The minimum absolute atomic E-state index is 0.0233. The van der Waals surface area contributed by atoms with Crippen LogP contribution in [0.1, 0.15) is 99.8 Å². The number of hydrogen-bond acceptors (Lipinski definition) is 2. The second kappa shape index (κ2) is 8.12. The summed E-state index contributed by atoms with van der Waals surface area (Å²) < 4.78 is 0. The van der Waals surface area contributed by atoms with Gasteiger partial charge in [0.15, 0.2) is 0 Å². The molecule has 0 heterocycles. The highest BCUT2D eigenvalue weighted by molar-refractivity contribution is 5.49. The molecule has 2 unspecified atom stereocenters. The minimum atomic E-state index is -0.180. The Bertz CT molecular complexity index is 832. The van der Waals surface area contributed by atoms with Gasteiger partial charge in [-0.25, -0.2) is 0 Å². The van der Waals surface area contributed by atoms with Crippen molar-refractivity contribution in [3.63, 3.8) is 0 Å². The van der Waals surface area contributed by atoms with Crippen LogP contribution in [0.15, 0.2) is 34.9 Å².